The molecule has 0 radical (unpaired) electrons. The van der Waals surface area contributed by atoms with Crippen molar-refractivity contribution < 1.29 is 9.90 Å². The number of carbonyl (C=O) groups is 1. The van der Waals surface area contributed by atoms with E-state index >= 15 is 0 Å². The van der Waals surface area contributed by atoms with Crippen LogP contribution in [0.15, 0.2) is 24.3 Å². The van der Waals surface area contributed by atoms with E-state index in [1.165, 1.54) is 37.7 Å². The van der Waals surface area contributed by atoms with Gasteiger partial charge in [-0.15, -0.1) is 0 Å². The van der Waals surface area contributed by atoms with Gasteiger partial charge in [0.05, 0.1) is 5.41 Å². The van der Waals surface area contributed by atoms with E-state index in [0.29, 0.717) is 0 Å². The molecule has 2 saturated carbocycles. The van der Waals surface area contributed by atoms with Gasteiger partial charge >= 0.3 is 5.97 Å². The molecule has 96 valence electrons. The summed E-state index contributed by atoms with van der Waals surface area (Å²) in [5.41, 5.74) is 1.81. The van der Waals surface area contributed by atoms with Crippen molar-refractivity contribution in [1.29, 1.82) is 0 Å². The molecule has 2 nitrogen and oxygen atoms in total. The van der Waals surface area contributed by atoms with Gasteiger partial charge in [0, 0.05) is 0 Å². The molecule has 18 heavy (non-hydrogen) atoms. The van der Waals surface area contributed by atoms with Gasteiger partial charge in [0.2, 0.25) is 0 Å². The molecule has 0 aromatic heterocycles. The normalized spacial score (nSPS) is 22.0. The molecule has 2 aliphatic rings. The summed E-state index contributed by atoms with van der Waals surface area (Å²) in [6.07, 6.45) is 8.24. The summed E-state index contributed by atoms with van der Waals surface area (Å²) in [7, 11) is 0. The fourth-order valence-electron chi connectivity index (χ4n) is 3.26. The highest BCUT2D eigenvalue weighted by atomic mass is 16.4. The Bertz CT molecular complexity index is 437. The predicted octanol–water partition coefficient (Wildman–Crippen LogP) is 3.54. The molecule has 0 aliphatic heterocycles. The molecule has 1 N–H and O–H groups in total. The zero-order chi connectivity index (χ0) is 12.6. The van der Waals surface area contributed by atoms with Gasteiger partial charge < -0.3 is 5.11 Å². The number of aliphatic carboxylic acids is 1. The van der Waals surface area contributed by atoms with Crippen LogP contribution in [0.5, 0.6) is 0 Å². The van der Waals surface area contributed by atoms with Crippen molar-refractivity contribution in [3.63, 3.8) is 0 Å². The van der Waals surface area contributed by atoms with Crippen LogP contribution >= 0.6 is 0 Å². The summed E-state index contributed by atoms with van der Waals surface area (Å²) in [6.45, 7) is 0. The standard InChI is InChI=1S/C16H20O2/c17-15(18)16(9-10-16)14-7-5-13(6-8-14)11-12-3-1-2-4-12/h5-8,12H,1-4,9-11H2,(H,17,18). The second-order valence-corrected chi connectivity index (χ2v) is 5.94. The van der Waals surface area contributed by atoms with E-state index in [4.69, 9.17) is 0 Å². The number of carboxylic acid groups (broad SMARTS) is 1. The average Bonchev–Trinajstić information content (AvgIpc) is 3.04. The smallest absolute Gasteiger partial charge is 0.314 e. The van der Waals surface area contributed by atoms with Gasteiger partial charge in [-0.05, 0) is 36.3 Å². The van der Waals surface area contributed by atoms with Gasteiger partial charge in [-0.25, -0.2) is 0 Å². The molecular weight excluding hydrogens is 224 g/mol. The summed E-state index contributed by atoms with van der Waals surface area (Å²) in [6, 6.07) is 8.34. The second kappa shape index (κ2) is 4.42. The van der Waals surface area contributed by atoms with Crippen molar-refractivity contribution in [2.24, 2.45) is 5.92 Å². The van der Waals surface area contributed by atoms with Crippen LogP contribution in [0.2, 0.25) is 0 Å². The van der Waals surface area contributed by atoms with Crippen molar-refractivity contribution in [1.82, 2.24) is 0 Å². The Morgan fingerprint density at radius 1 is 1.17 bits per heavy atom. The number of carboxylic acids is 1. The van der Waals surface area contributed by atoms with Gasteiger partial charge in [0.1, 0.15) is 0 Å². The summed E-state index contributed by atoms with van der Waals surface area (Å²) in [5, 5.41) is 9.26. The molecule has 2 heteroatoms. The molecule has 2 aliphatic carbocycles. The first-order valence-corrected chi connectivity index (χ1v) is 7.03. The first-order chi connectivity index (χ1) is 8.71. The van der Waals surface area contributed by atoms with Crippen molar-refractivity contribution in [3.8, 4) is 0 Å². The molecule has 2 fully saturated rings. The SMILES string of the molecule is O=C(O)C1(c2ccc(CC3CCCC3)cc2)CC1. The van der Waals surface area contributed by atoms with Crippen LogP contribution in [0.3, 0.4) is 0 Å². The van der Waals surface area contributed by atoms with Crippen LogP contribution < -0.4 is 0 Å². The third-order valence-corrected chi connectivity index (χ3v) is 4.67. The highest BCUT2D eigenvalue weighted by molar-refractivity contribution is 5.84. The fraction of sp³-hybridized carbons (Fsp3) is 0.562. The Morgan fingerprint density at radius 2 is 1.78 bits per heavy atom. The average molecular weight is 244 g/mol. The molecule has 0 unspecified atom stereocenters. The lowest BCUT2D eigenvalue weighted by Gasteiger charge is -2.12. The monoisotopic (exact) mass is 244 g/mol. The van der Waals surface area contributed by atoms with Crippen LogP contribution in [0, 0.1) is 5.92 Å². The largest absolute Gasteiger partial charge is 0.481 e. The first-order valence-electron chi connectivity index (χ1n) is 7.03. The molecule has 0 atom stereocenters. The maximum Gasteiger partial charge on any atom is 0.314 e. The number of hydrogen-bond donors (Lipinski definition) is 1. The Labute approximate surface area is 108 Å². The van der Waals surface area contributed by atoms with Gasteiger partial charge in [0.25, 0.3) is 0 Å². The minimum absolute atomic E-state index is 0.550. The Hall–Kier alpha value is -1.31. The molecule has 1 aromatic rings. The molecule has 0 bridgehead atoms. The van der Waals surface area contributed by atoms with Gasteiger partial charge in [-0.2, -0.15) is 0 Å². The molecule has 3 rings (SSSR count). The molecule has 0 spiro atoms. The van der Waals surface area contributed by atoms with Crippen LogP contribution in [0.25, 0.3) is 0 Å². The van der Waals surface area contributed by atoms with E-state index in [1.54, 1.807) is 0 Å². The summed E-state index contributed by atoms with van der Waals surface area (Å²) >= 11 is 0. The number of benzene rings is 1. The summed E-state index contributed by atoms with van der Waals surface area (Å²) < 4.78 is 0. The fourth-order valence-corrected chi connectivity index (χ4v) is 3.26. The maximum absolute atomic E-state index is 11.2. The van der Waals surface area contributed by atoms with Crippen molar-refractivity contribution >= 4 is 5.97 Å². The van der Waals surface area contributed by atoms with Crippen molar-refractivity contribution in [2.45, 2.75) is 50.4 Å². The number of hydrogen-bond acceptors (Lipinski definition) is 1. The summed E-state index contributed by atoms with van der Waals surface area (Å²) in [5.74, 6) is 0.191. The topological polar surface area (TPSA) is 37.3 Å². The molecule has 1 aromatic carbocycles. The van der Waals surface area contributed by atoms with Crippen LogP contribution in [-0.2, 0) is 16.6 Å². The Morgan fingerprint density at radius 3 is 2.28 bits per heavy atom. The molecule has 0 amide bonds. The van der Waals surface area contributed by atoms with Gasteiger partial charge in [-0.1, -0.05) is 49.9 Å². The zero-order valence-electron chi connectivity index (χ0n) is 10.7. The second-order valence-electron chi connectivity index (χ2n) is 5.94. The minimum Gasteiger partial charge on any atom is -0.481 e. The lowest BCUT2D eigenvalue weighted by atomic mass is 9.92. The van der Waals surface area contributed by atoms with Crippen LogP contribution in [-0.4, -0.2) is 11.1 Å². The third-order valence-electron chi connectivity index (χ3n) is 4.67. The van der Waals surface area contributed by atoms with E-state index in [9.17, 15) is 9.90 Å². The quantitative estimate of drug-likeness (QED) is 0.879. The first kappa shape index (κ1) is 11.8. The van der Waals surface area contributed by atoms with E-state index in [0.717, 1.165) is 24.3 Å². The number of rotatable bonds is 4. The minimum atomic E-state index is -0.661. The molecule has 0 heterocycles. The van der Waals surface area contributed by atoms with E-state index in [2.05, 4.69) is 12.1 Å². The van der Waals surface area contributed by atoms with E-state index in [1.807, 2.05) is 12.1 Å². The highest BCUT2D eigenvalue weighted by Gasteiger charge is 2.51. The lowest BCUT2D eigenvalue weighted by molar-refractivity contribution is -0.140. The third kappa shape index (κ3) is 2.05. The maximum atomic E-state index is 11.2. The molecular formula is C16H20O2. The van der Waals surface area contributed by atoms with Crippen molar-refractivity contribution in [3.05, 3.63) is 35.4 Å². The van der Waals surface area contributed by atoms with Crippen molar-refractivity contribution in [2.75, 3.05) is 0 Å². The van der Waals surface area contributed by atoms with E-state index < -0.39 is 11.4 Å². The predicted molar refractivity (Wildman–Crippen MR) is 70.7 cm³/mol. The molecule has 0 saturated heterocycles. The highest BCUT2D eigenvalue weighted by Crippen LogP contribution is 2.48. The van der Waals surface area contributed by atoms with Gasteiger partial charge in [-0.3, -0.25) is 4.79 Å². The van der Waals surface area contributed by atoms with E-state index in [-0.39, 0.29) is 0 Å². The lowest BCUT2D eigenvalue weighted by Crippen LogP contribution is -2.19. The Balaban J connectivity index is 1.71. The van der Waals surface area contributed by atoms with Crippen LogP contribution in [0.1, 0.15) is 49.7 Å². The summed E-state index contributed by atoms with van der Waals surface area (Å²) in [4.78, 5) is 11.2. The van der Waals surface area contributed by atoms with Crippen LogP contribution in [0.4, 0.5) is 0 Å². The Kier molecular flexibility index (Phi) is 2.89. The van der Waals surface area contributed by atoms with Gasteiger partial charge in [0.15, 0.2) is 0 Å². The zero-order valence-corrected chi connectivity index (χ0v) is 10.7.